The Labute approximate surface area is 134 Å². The maximum Gasteiger partial charge on any atom is 0.246 e. The van der Waals surface area contributed by atoms with Gasteiger partial charge in [-0.25, -0.2) is 17.2 Å². The molecular formula is C15H20F2N2O3S. The maximum atomic E-state index is 13.8. The van der Waals surface area contributed by atoms with Gasteiger partial charge in [0.2, 0.25) is 15.9 Å². The third-order valence-electron chi connectivity index (χ3n) is 3.78. The van der Waals surface area contributed by atoms with Gasteiger partial charge in [0.1, 0.15) is 16.5 Å². The van der Waals surface area contributed by atoms with Gasteiger partial charge in [0, 0.05) is 32.6 Å². The van der Waals surface area contributed by atoms with Crippen molar-refractivity contribution in [2.24, 2.45) is 0 Å². The average Bonchev–Trinajstić information content (AvgIpc) is 2.76. The van der Waals surface area contributed by atoms with Crippen molar-refractivity contribution in [3.05, 3.63) is 29.8 Å². The Balaban J connectivity index is 2.18. The minimum atomic E-state index is -4.12. The normalized spacial score (nSPS) is 17.1. The Morgan fingerprint density at radius 1 is 1.17 bits per heavy atom. The summed E-state index contributed by atoms with van der Waals surface area (Å²) in [6, 6.07) is 2.37. The highest BCUT2D eigenvalue weighted by molar-refractivity contribution is 7.89. The van der Waals surface area contributed by atoms with E-state index in [9.17, 15) is 22.0 Å². The molecule has 0 spiro atoms. The Morgan fingerprint density at radius 2 is 1.91 bits per heavy atom. The Morgan fingerprint density at radius 3 is 2.61 bits per heavy atom. The molecule has 0 radical (unpaired) electrons. The summed E-state index contributed by atoms with van der Waals surface area (Å²) in [6.07, 6.45) is 1.61. The van der Waals surface area contributed by atoms with Crippen LogP contribution in [0.4, 0.5) is 8.78 Å². The molecule has 1 aromatic rings. The van der Waals surface area contributed by atoms with E-state index in [1.165, 1.54) is 0 Å². The molecule has 0 unspecified atom stereocenters. The highest BCUT2D eigenvalue weighted by Gasteiger charge is 2.30. The summed E-state index contributed by atoms with van der Waals surface area (Å²) in [7, 11) is -4.12. The van der Waals surface area contributed by atoms with Crippen LogP contribution >= 0.6 is 0 Å². The lowest BCUT2D eigenvalue weighted by molar-refractivity contribution is -0.131. The van der Waals surface area contributed by atoms with E-state index >= 15 is 0 Å². The molecule has 1 amide bonds. The van der Waals surface area contributed by atoms with Crippen molar-refractivity contribution in [3.63, 3.8) is 0 Å². The Bertz CT molecular complexity index is 679. The lowest BCUT2D eigenvalue weighted by Gasteiger charge is -2.22. The zero-order chi connectivity index (χ0) is 17.0. The van der Waals surface area contributed by atoms with Gasteiger partial charge in [0.05, 0.1) is 0 Å². The zero-order valence-electron chi connectivity index (χ0n) is 13.0. The fourth-order valence-electron chi connectivity index (χ4n) is 2.57. The number of rotatable bonds is 4. The molecular weight excluding hydrogens is 326 g/mol. The first-order valence-corrected chi connectivity index (χ1v) is 9.03. The van der Waals surface area contributed by atoms with Crippen LogP contribution in [-0.4, -0.2) is 49.7 Å². The molecule has 0 N–H and O–H groups in total. The molecule has 0 saturated carbocycles. The quantitative estimate of drug-likeness (QED) is 0.838. The summed E-state index contributed by atoms with van der Waals surface area (Å²) >= 11 is 0. The SMILES string of the molecule is CCCC(=O)N1CCCN(S(=O)(=O)c2cc(F)ccc2F)CC1. The number of benzene rings is 1. The minimum Gasteiger partial charge on any atom is -0.341 e. The van der Waals surface area contributed by atoms with Crippen molar-refractivity contribution in [2.75, 3.05) is 26.2 Å². The number of hydrogen-bond acceptors (Lipinski definition) is 3. The van der Waals surface area contributed by atoms with Crippen LogP contribution in [0.5, 0.6) is 0 Å². The molecule has 1 aromatic carbocycles. The first-order chi connectivity index (χ1) is 10.9. The molecule has 0 atom stereocenters. The molecule has 0 bridgehead atoms. The van der Waals surface area contributed by atoms with E-state index in [4.69, 9.17) is 0 Å². The van der Waals surface area contributed by atoms with Gasteiger partial charge in [-0.3, -0.25) is 4.79 Å². The molecule has 8 heteroatoms. The topological polar surface area (TPSA) is 57.7 Å². The fourth-order valence-corrected chi connectivity index (χ4v) is 4.12. The predicted octanol–water partition coefficient (Wildman–Crippen LogP) is 1.99. The first-order valence-electron chi connectivity index (χ1n) is 7.59. The van der Waals surface area contributed by atoms with E-state index in [0.717, 1.165) is 22.9 Å². The van der Waals surface area contributed by atoms with Crippen molar-refractivity contribution < 1.29 is 22.0 Å². The van der Waals surface area contributed by atoms with Crippen LogP contribution in [0.25, 0.3) is 0 Å². The van der Waals surface area contributed by atoms with E-state index in [1.807, 2.05) is 6.92 Å². The molecule has 1 heterocycles. The highest BCUT2D eigenvalue weighted by Crippen LogP contribution is 2.22. The van der Waals surface area contributed by atoms with E-state index in [0.29, 0.717) is 25.5 Å². The molecule has 0 aromatic heterocycles. The zero-order valence-corrected chi connectivity index (χ0v) is 13.8. The van der Waals surface area contributed by atoms with Crippen LogP contribution in [0.2, 0.25) is 0 Å². The number of carbonyl (C=O) groups excluding carboxylic acids is 1. The fraction of sp³-hybridized carbons (Fsp3) is 0.533. The van der Waals surface area contributed by atoms with Crippen molar-refractivity contribution in [1.29, 1.82) is 0 Å². The molecule has 0 aliphatic carbocycles. The standard InChI is InChI=1S/C15H20F2N2O3S/c1-2-4-15(20)18-7-3-8-19(10-9-18)23(21,22)14-11-12(16)5-6-13(14)17/h5-6,11H,2-4,7-10H2,1H3. The van der Waals surface area contributed by atoms with Crippen LogP contribution in [-0.2, 0) is 14.8 Å². The molecule has 23 heavy (non-hydrogen) atoms. The summed E-state index contributed by atoms with van der Waals surface area (Å²) < 4.78 is 53.2. The second-order valence-corrected chi connectivity index (χ2v) is 7.37. The van der Waals surface area contributed by atoms with Gasteiger partial charge in [-0.15, -0.1) is 0 Å². The molecule has 1 aliphatic heterocycles. The van der Waals surface area contributed by atoms with Crippen molar-refractivity contribution in [3.8, 4) is 0 Å². The van der Waals surface area contributed by atoms with Crippen molar-refractivity contribution in [1.82, 2.24) is 9.21 Å². The monoisotopic (exact) mass is 346 g/mol. The van der Waals surface area contributed by atoms with Crippen LogP contribution < -0.4 is 0 Å². The van der Waals surface area contributed by atoms with Gasteiger partial charge < -0.3 is 4.90 Å². The third-order valence-corrected chi connectivity index (χ3v) is 5.70. The molecule has 1 aliphatic rings. The minimum absolute atomic E-state index is 0.0105. The summed E-state index contributed by atoms with van der Waals surface area (Å²) in [5.74, 6) is -1.79. The number of carbonyl (C=O) groups is 1. The summed E-state index contributed by atoms with van der Waals surface area (Å²) in [4.78, 5) is 12.9. The highest BCUT2D eigenvalue weighted by atomic mass is 32.2. The molecule has 2 rings (SSSR count). The van der Waals surface area contributed by atoms with Gasteiger partial charge in [-0.2, -0.15) is 4.31 Å². The van der Waals surface area contributed by atoms with Crippen LogP contribution in [0.1, 0.15) is 26.2 Å². The second-order valence-electron chi connectivity index (χ2n) is 5.46. The average molecular weight is 346 g/mol. The number of hydrogen-bond donors (Lipinski definition) is 0. The van der Waals surface area contributed by atoms with E-state index in [2.05, 4.69) is 0 Å². The van der Waals surface area contributed by atoms with Gasteiger partial charge in [-0.1, -0.05) is 6.92 Å². The van der Waals surface area contributed by atoms with Crippen LogP contribution in [0, 0.1) is 11.6 Å². The largest absolute Gasteiger partial charge is 0.341 e. The maximum absolute atomic E-state index is 13.8. The van der Waals surface area contributed by atoms with Crippen LogP contribution in [0.15, 0.2) is 23.1 Å². The summed E-state index contributed by atoms with van der Waals surface area (Å²) in [5.41, 5.74) is 0. The molecule has 1 saturated heterocycles. The number of amides is 1. The molecule has 1 fully saturated rings. The predicted molar refractivity (Wildman–Crippen MR) is 81.2 cm³/mol. The van der Waals surface area contributed by atoms with Gasteiger partial charge >= 0.3 is 0 Å². The third kappa shape index (κ3) is 4.06. The number of nitrogens with zero attached hydrogens (tertiary/aromatic N) is 2. The lowest BCUT2D eigenvalue weighted by Crippen LogP contribution is -2.37. The summed E-state index contributed by atoms with van der Waals surface area (Å²) in [6.45, 7) is 2.88. The van der Waals surface area contributed by atoms with Gasteiger partial charge in [0.25, 0.3) is 0 Å². The second kappa shape index (κ2) is 7.35. The first kappa shape index (κ1) is 17.8. The molecule has 128 valence electrons. The van der Waals surface area contributed by atoms with E-state index in [-0.39, 0.29) is 25.5 Å². The smallest absolute Gasteiger partial charge is 0.246 e. The Hall–Kier alpha value is -1.54. The van der Waals surface area contributed by atoms with E-state index < -0.39 is 26.6 Å². The lowest BCUT2D eigenvalue weighted by atomic mass is 10.3. The Kier molecular flexibility index (Phi) is 5.69. The number of halogens is 2. The van der Waals surface area contributed by atoms with Crippen molar-refractivity contribution >= 4 is 15.9 Å². The summed E-state index contributed by atoms with van der Waals surface area (Å²) in [5, 5.41) is 0. The number of sulfonamides is 1. The van der Waals surface area contributed by atoms with Crippen molar-refractivity contribution in [2.45, 2.75) is 31.1 Å². The van der Waals surface area contributed by atoms with Gasteiger partial charge in [0.15, 0.2) is 0 Å². The van der Waals surface area contributed by atoms with Gasteiger partial charge in [-0.05, 0) is 31.0 Å². The van der Waals surface area contributed by atoms with E-state index in [1.54, 1.807) is 4.90 Å². The molecule has 5 nitrogen and oxygen atoms in total. The van der Waals surface area contributed by atoms with Crippen LogP contribution in [0.3, 0.4) is 0 Å².